The summed E-state index contributed by atoms with van der Waals surface area (Å²) in [6.07, 6.45) is 7.25. The molecule has 0 aliphatic carbocycles. The minimum Gasteiger partial charge on any atom is -0.299 e. The molecule has 0 radical (unpaired) electrons. The Hall–Kier alpha value is -1.18. The monoisotopic (exact) mass is 180 g/mol. The van der Waals surface area contributed by atoms with Crippen LogP contribution in [0.2, 0.25) is 0 Å². The van der Waals surface area contributed by atoms with Crippen molar-refractivity contribution in [2.45, 2.75) is 27.7 Å². The first-order chi connectivity index (χ1) is 6.26. The number of allylic oxidation sites excluding steroid dienone is 4. The maximum Gasteiger partial charge on any atom is 0.0816 e. The van der Waals surface area contributed by atoms with Gasteiger partial charge < -0.3 is 0 Å². The summed E-state index contributed by atoms with van der Waals surface area (Å²) < 4.78 is 0. The van der Waals surface area contributed by atoms with Gasteiger partial charge in [-0.25, -0.2) is 0 Å². The van der Waals surface area contributed by atoms with Crippen LogP contribution in [0.25, 0.3) is 0 Å². The lowest BCUT2D eigenvalue weighted by Crippen LogP contribution is -2.06. The van der Waals surface area contributed by atoms with Crippen molar-refractivity contribution in [3.05, 3.63) is 24.3 Å². The number of rotatable bonds is 3. The second-order valence-corrected chi connectivity index (χ2v) is 2.02. The summed E-state index contributed by atoms with van der Waals surface area (Å²) in [7, 11) is 1.69. The molecule has 2 nitrogen and oxygen atoms in total. The van der Waals surface area contributed by atoms with Gasteiger partial charge in [0.25, 0.3) is 0 Å². The van der Waals surface area contributed by atoms with Gasteiger partial charge in [-0.2, -0.15) is 0 Å². The quantitative estimate of drug-likeness (QED) is 0.647. The predicted octanol–water partition coefficient (Wildman–Crippen LogP) is 3.26. The molecule has 0 atom stereocenters. The Labute approximate surface area is 81.6 Å². The van der Waals surface area contributed by atoms with Gasteiger partial charge in [0.15, 0.2) is 0 Å². The second kappa shape index (κ2) is 10.8. The van der Waals surface area contributed by atoms with E-state index in [0.717, 1.165) is 0 Å². The van der Waals surface area contributed by atoms with E-state index in [2.05, 4.69) is 4.99 Å². The highest BCUT2D eigenvalue weighted by atomic mass is 14.7. The van der Waals surface area contributed by atoms with E-state index in [4.69, 9.17) is 5.41 Å². The zero-order valence-electron chi connectivity index (χ0n) is 9.26. The smallest absolute Gasteiger partial charge is 0.0816 e. The highest BCUT2D eigenvalue weighted by molar-refractivity contribution is 6.49. The van der Waals surface area contributed by atoms with Crippen molar-refractivity contribution in [3.8, 4) is 0 Å². The standard InChI is InChI=1S/C9H14N2.C2H6/c1-4-6-8(10)9(11-3)7-5-2;1-2/h4-7,10H,1-3H3;1-2H3/b6-4-,7-5-,10-8?,11-9?;. The fourth-order valence-corrected chi connectivity index (χ4v) is 0.695. The lowest BCUT2D eigenvalue weighted by atomic mass is 10.2. The van der Waals surface area contributed by atoms with Crippen LogP contribution in [0, 0.1) is 5.41 Å². The molecule has 0 saturated carbocycles. The third-order valence-corrected chi connectivity index (χ3v) is 1.17. The number of hydrogen-bond donors (Lipinski definition) is 1. The molecule has 0 aromatic carbocycles. The largest absolute Gasteiger partial charge is 0.299 e. The van der Waals surface area contributed by atoms with E-state index in [9.17, 15) is 0 Å². The molecule has 0 aromatic heterocycles. The Kier molecular flexibility index (Phi) is 11.9. The third kappa shape index (κ3) is 7.19. The van der Waals surface area contributed by atoms with E-state index < -0.39 is 0 Å². The Bertz CT molecular complexity index is 210. The Morgan fingerprint density at radius 1 is 1.08 bits per heavy atom. The van der Waals surface area contributed by atoms with Gasteiger partial charge in [-0.1, -0.05) is 26.0 Å². The first kappa shape index (κ1) is 14.3. The highest BCUT2D eigenvalue weighted by Gasteiger charge is 1.95. The van der Waals surface area contributed by atoms with E-state index >= 15 is 0 Å². The van der Waals surface area contributed by atoms with Crippen LogP contribution in [0.15, 0.2) is 29.3 Å². The molecule has 2 heteroatoms. The molecular weight excluding hydrogens is 160 g/mol. The summed E-state index contributed by atoms with van der Waals surface area (Å²) in [5.41, 5.74) is 1.17. The van der Waals surface area contributed by atoms with Gasteiger partial charge in [0, 0.05) is 7.05 Å². The molecule has 0 aliphatic rings. The fourth-order valence-electron chi connectivity index (χ4n) is 0.695. The molecular formula is C11H20N2. The van der Waals surface area contributed by atoms with E-state index in [0.29, 0.717) is 11.4 Å². The molecule has 0 bridgehead atoms. The number of nitrogens with one attached hydrogen (secondary N) is 1. The topological polar surface area (TPSA) is 36.2 Å². The normalized spacial score (nSPS) is 11.6. The van der Waals surface area contributed by atoms with Gasteiger partial charge in [-0.05, 0) is 26.0 Å². The molecule has 13 heavy (non-hydrogen) atoms. The zero-order chi connectivity index (χ0) is 10.7. The van der Waals surface area contributed by atoms with Gasteiger partial charge in [0.1, 0.15) is 0 Å². The summed E-state index contributed by atoms with van der Waals surface area (Å²) in [6.45, 7) is 7.80. The highest BCUT2D eigenvalue weighted by Crippen LogP contribution is 1.87. The van der Waals surface area contributed by atoms with Crippen LogP contribution >= 0.6 is 0 Å². The number of aliphatic imine (C=N–C) groups is 1. The van der Waals surface area contributed by atoms with Crippen LogP contribution < -0.4 is 0 Å². The van der Waals surface area contributed by atoms with Crippen LogP contribution in [-0.4, -0.2) is 18.5 Å². The van der Waals surface area contributed by atoms with Gasteiger partial charge in [0.2, 0.25) is 0 Å². The summed E-state index contributed by atoms with van der Waals surface area (Å²) in [6, 6.07) is 0. The molecule has 1 N–H and O–H groups in total. The van der Waals surface area contributed by atoms with Gasteiger partial charge in [-0.3, -0.25) is 10.4 Å². The predicted molar refractivity (Wildman–Crippen MR) is 62.1 cm³/mol. The van der Waals surface area contributed by atoms with Crippen molar-refractivity contribution in [2.75, 3.05) is 7.05 Å². The van der Waals surface area contributed by atoms with Gasteiger partial charge >= 0.3 is 0 Å². The zero-order valence-corrected chi connectivity index (χ0v) is 9.26. The maximum atomic E-state index is 7.48. The van der Waals surface area contributed by atoms with Crippen molar-refractivity contribution >= 4 is 11.4 Å². The molecule has 0 rings (SSSR count). The van der Waals surface area contributed by atoms with Crippen molar-refractivity contribution in [1.82, 2.24) is 0 Å². The molecule has 0 spiro atoms. The average Bonchev–Trinajstić information content (AvgIpc) is 2.17. The maximum absolute atomic E-state index is 7.48. The molecule has 0 aliphatic heterocycles. The van der Waals surface area contributed by atoms with E-state index in [1.54, 1.807) is 13.1 Å². The van der Waals surface area contributed by atoms with Crippen LogP contribution in [0.3, 0.4) is 0 Å². The number of hydrogen-bond acceptors (Lipinski definition) is 2. The molecule has 0 saturated heterocycles. The van der Waals surface area contributed by atoms with Gasteiger partial charge in [-0.15, -0.1) is 0 Å². The summed E-state index contributed by atoms with van der Waals surface area (Å²) in [5, 5.41) is 7.48. The van der Waals surface area contributed by atoms with Crippen molar-refractivity contribution in [3.63, 3.8) is 0 Å². The first-order valence-electron chi connectivity index (χ1n) is 4.57. The average molecular weight is 180 g/mol. The molecule has 0 heterocycles. The summed E-state index contributed by atoms with van der Waals surface area (Å²) in [4.78, 5) is 3.95. The Morgan fingerprint density at radius 3 is 1.85 bits per heavy atom. The van der Waals surface area contributed by atoms with E-state index in [-0.39, 0.29) is 0 Å². The van der Waals surface area contributed by atoms with Crippen LogP contribution in [0.1, 0.15) is 27.7 Å². The first-order valence-corrected chi connectivity index (χ1v) is 4.57. The lowest BCUT2D eigenvalue weighted by molar-refractivity contribution is 1.44. The second-order valence-electron chi connectivity index (χ2n) is 2.02. The molecule has 0 fully saturated rings. The van der Waals surface area contributed by atoms with Crippen LogP contribution in [-0.2, 0) is 0 Å². The third-order valence-electron chi connectivity index (χ3n) is 1.17. The van der Waals surface area contributed by atoms with E-state index in [1.807, 2.05) is 45.9 Å². The Morgan fingerprint density at radius 2 is 1.54 bits per heavy atom. The van der Waals surface area contributed by atoms with Crippen LogP contribution in [0.4, 0.5) is 0 Å². The number of nitrogens with zero attached hydrogens (tertiary/aromatic N) is 1. The van der Waals surface area contributed by atoms with Crippen LogP contribution in [0.5, 0.6) is 0 Å². The SMILES string of the molecule is C/C=C\C(=N)C(/C=C\C)=NC.CC. The fraction of sp³-hybridized carbons (Fsp3) is 0.455. The van der Waals surface area contributed by atoms with E-state index in [1.165, 1.54) is 0 Å². The molecule has 0 unspecified atom stereocenters. The van der Waals surface area contributed by atoms with Crippen molar-refractivity contribution in [1.29, 1.82) is 5.41 Å². The minimum atomic E-state index is 0.452. The lowest BCUT2D eigenvalue weighted by Gasteiger charge is -1.94. The Balaban J connectivity index is 0. The molecule has 0 amide bonds. The summed E-state index contributed by atoms with van der Waals surface area (Å²) >= 11 is 0. The molecule has 0 aromatic rings. The minimum absolute atomic E-state index is 0.452. The van der Waals surface area contributed by atoms with Gasteiger partial charge in [0.05, 0.1) is 11.4 Å². The summed E-state index contributed by atoms with van der Waals surface area (Å²) in [5.74, 6) is 0. The van der Waals surface area contributed by atoms with Crippen molar-refractivity contribution in [2.24, 2.45) is 4.99 Å². The van der Waals surface area contributed by atoms with Crippen molar-refractivity contribution < 1.29 is 0 Å². The molecule has 74 valence electrons.